The molecular weight excluding hydrogens is 415 g/mol. The minimum Gasteiger partial charge on any atom is -0.446 e. The minimum absolute atomic E-state index is 0.163. The number of fused-ring (bicyclic) bond motifs is 1. The molecule has 0 radical (unpaired) electrons. The summed E-state index contributed by atoms with van der Waals surface area (Å²) in [5, 5.41) is 0. The van der Waals surface area contributed by atoms with Gasteiger partial charge in [0.2, 0.25) is 5.91 Å². The summed E-state index contributed by atoms with van der Waals surface area (Å²) in [4.78, 5) is 42.0. The van der Waals surface area contributed by atoms with Crippen molar-refractivity contribution in [2.45, 2.75) is 50.7 Å². The Morgan fingerprint density at radius 1 is 1.19 bits per heavy atom. The van der Waals surface area contributed by atoms with Crippen molar-refractivity contribution >= 4 is 23.0 Å². The van der Waals surface area contributed by atoms with Crippen molar-refractivity contribution in [2.24, 2.45) is 28.9 Å². The van der Waals surface area contributed by atoms with E-state index in [-0.39, 0.29) is 41.7 Å². The number of primary amides is 1. The highest BCUT2D eigenvalue weighted by atomic mass is 19.1. The zero-order valence-corrected chi connectivity index (χ0v) is 17.8. The molecule has 4 saturated carbocycles. The lowest BCUT2D eigenvalue weighted by molar-refractivity contribution is -0.161. The van der Waals surface area contributed by atoms with Gasteiger partial charge in [0.15, 0.2) is 0 Å². The van der Waals surface area contributed by atoms with E-state index < -0.39 is 11.2 Å². The van der Waals surface area contributed by atoms with Gasteiger partial charge in [0.1, 0.15) is 11.9 Å². The van der Waals surface area contributed by atoms with Crippen LogP contribution in [0.15, 0.2) is 23.0 Å². The zero-order valence-electron chi connectivity index (χ0n) is 17.8. The lowest BCUT2D eigenvalue weighted by Gasteiger charge is -2.58. The molecule has 2 heterocycles. The molecule has 4 aliphatic carbocycles. The highest BCUT2D eigenvalue weighted by Crippen LogP contribution is 2.60. The van der Waals surface area contributed by atoms with E-state index >= 15 is 0 Å². The maximum atomic E-state index is 13.5. The van der Waals surface area contributed by atoms with E-state index in [1.807, 2.05) is 0 Å². The Kier molecular flexibility index (Phi) is 4.23. The number of imidazole rings is 1. The van der Waals surface area contributed by atoms with Crippen molar-refractivity contribution in [3.05, 3.63) is 34.5 Å². The molecule has 0 spiro atoms. The Bertz CT molecular complexity index is 1160. The van der Waals surface area contributed by atoms with Gasteiger partial charge < -0.3 is 20.4 Å². The molecule has 9 heteroatoms. The van der Waals surface area contributed by atoms with Crippen LogP contribution in [0.25, 0.3) is 11.0 Å². The first-order valence-electron chi connectivity index (χ1n) is 11.5. The molecule has 1 aliphatic heterocycles. The summed E-state index contributed by atoms with van der Waals surface area (Å²) in [6, 6.07) is 4.04. The molecule has 8 nitrogen and oxygen atoms in total. The molecule has 2 aromatic rings. The van der Waals surface area contributed by atoms with Crippen LogP contribution in [0.2, 0.25) is 0 Å². The fourth-order valence-electron chi connectivity index (χ4n) is 7.25. The number of nitrogens with two attached hydrogens (primary N) is 1. The predicted molar refractivity (Wildman–Crippen MR) is 113 cm³/mol. The van der Waals surface area contributed by atoms with Crippen LogP contribution in [-0.2, 0) is 9.53 Å². The molecule has 1 aromatic heterocycles. The molecule has 170 valence electrons. The maximum absolute atomic E-state index is 13.5. The Labute approximate surface area is 183 Å². The van der Waals surface area contributed by atoms with E-state index in [1.165, 1.54) is 12.1 Å². The van der Waals surface area contributed by atoms with Gasteiger partial charge in [0.05, 0.1) is 22.5 Å². The van der Waals surface area contributed by atoms with Crippen LogP contribution in [0, 0.1) is 29.0 Å². The van der Waals surface area contributed by atoms with E-state index in [0.717, 1.165) is 32.1 Å². The molecule has 7 rings (SSSR count). The zero-order chi connectivity index (χ0) is 22.2. The van der Waals surface area contributed by atoms with Crippen molar-refractivity contribution in [1.29, 1.82) is 0 Å². The highest BCUT2D eigenvalue weighted by molar-refractivity contribution is 5.81. The Balaban J connectivity index is 1.16. The standard InChI is InChI=1S/C23H27FN4O4/c24-15-1-2-18-17(7-15)26-21(30)28(18)16-3-4-27(11-16)22(31)32-19-13-5-12-6-14(19)10-23(8-12,9-13)20(25)29/h1-2,7,12-14,16,19H,3-6,8-11H2,(H2,25,29)(H,26,30)/t12?,13?,14?,16-,19-,23-/m0/s1. The summed E-state index contributed by atoms with van der Waals surface area (Å²) in [5.41, 5.74) is 6.13. The van der Waals surface area contributed by atoms with Gasteiger partial charge in [-0.15, -0.1) is 0 Å². The second-order valence-corrected chi connectivity index (χ2v) is 10.3. The number of aromatic nitrogens is 2. The molecule has 1 saturated heterocycles. The predicted octanol–water partition coefficient (Wildman–Crippen LogP) is 2.53. The number of H-pyrrole nitrogens is 1. The number of hydrogen-bond donors (Lipinski definition) is 2. The summed E-state index contributed by atoms with van der Waals surface area (Å²) in [7, 11) is 0. The first kappa shape index (κ1) is 19.8. The van der Waals surface area contributed by atoms with Gasteiger partial charge in [-0.3, -0.25) is 9.36 Å². The van der Waals surface area contributed by atoms with Gasteiger partial charge in [-0.1, -0.05) is 0 Å². The SMILES string of the molecule is NC(=O)[C@]12CC3CC(C1)[C@@H](OC(=O)N1CC[C@H](n4c(=O)[nH]c5cc(F)ccc54)C1)C(C3)C2. The summed E-state index contributed by atoms with van der Waals surface area (Å²) in [5.74, 6) is 0.290. The smallest absolute Gasteiger partial charge is 0.410 e. The number of benzene rings is 1. The topological polar surface area (TPSA) is 110 Å². The molecule has 3 N–H and O–H groups in total. The second-order valence-electron chi connectivity index (χ2n) is 10.3. The van der Waals surface area contributed by atoms with Gasteiger partial charge >= 0.3 is 11.8 Å². The molecule has 2 amide bonds. The normalized spacial score (nSPS) is 35.5. The van der Waals surface area contributed by atoms with Gasteiger partial charge in [-0.25, -0.2) is 14.0 Å². The molecule has 3 atom stereocenters. The summed E-state index contributed by atoms with van der Waals surface area (Å²) >= 11 is 0. The molecule has 4 bridgehead atoms. The first-order chi connectivity index (χ1) is 15.3. The number of nitrogens with zero attached hydrogens (tertiary/aromatic N) is 2. The van der Waals surface area contributed by atoms with Crippen molar-refractivity contribution in [1.82, 2.24) is 14.5 Å². The number of aromatic amines is 1. The molecule has 5 aliphatic rings. The van der Waals surface area contributed by atoms with E-state index in [1.54, 1.807) is 15.5 Å². The number of carbonyl (C=O) groups excluding carboxylic acids is 2. The molecule has 5 fully saturated rings. The average molecular weight is 442 g/mol. The average Bonchev–Trinajstić information content (AvgIpc) is 3.33. The summed E-state index contributed by atoms with van der Waals surface area (Å²) < 4.78 is 21.1. The number of hydrogen-bond acceptors (Lipinski definition) is 4. The Hall–Kier alpha value is -2.84. The van der Waals surface area contributed by atoms with Crippen molar-refractivity contribution < 1.29 is 18.7 Å². The van der Waals surface area contributed by atoms with E-state index in [0.29, 0.717) is 36.5 Å². The third kappa shape index (κ3) is 2.89. The van der Waals surface area contributed by atoms with Crippen LogP contribution in [0.4, 0.5) is 9.18 Å². The number of rotatable bonds is 3. The molecular formula is C23H27FN4O4. The minimum atomic E-state index is -0.409. The number of ether oxygens (including phenoxy) is 1. The molecule has 1 aromatic carbocycles. The monoisotopic (exact) mass is 442 g/mol. The lowest BCUT2D eigenvalue weighted by atomic mass is 9.48. The fraction of sp³-hybridized carbons (Fsp3) is 0.609. The van der Waals surface area contributed by atoms with Crippen molar-refractivity contribution in [3.8, 4) is 0 Å². The highest BCUT2D eigenvalue weighted by Gasteiger charge is 2.59. The van der Waals surface area contributed by atoms with Gasteiger partial charge in [-0.2, -0.15) is 0 Å². The van der Waals surface area contributed by atoms with Crippen LogP contribution in [-0.4, -0.2) is 45.6 Å². The Morgan fingerprint density at radius 2 is 1.94 bits per heavy atom. The number of nitrogens with one attached hydrogen (secondary N) is 1. The first-order valence-corrected chi connectivity index (χ1v) is 11.5. The largest absolute Gasteiger partial charge is 0.446 e. The van der Waals surface area contributed by atoms with Crippen LogP contribution in [0.1, 0.15) is 44.6 Å². The number of likely N-dealkylation sites (tertiary alicyclic amines) is 1. The van der Waals surface area contributed by atoms with Crippen LogP contribution in [0.5, 0.6) is 0 Å². The summed E-state index contributed by atoms with van der Waals surface area (Å²) in [6.07, 6.45) is 4.42. The van der Waals surface area contributed by atoms with Gasteiger partial charge in [0, 0.05) is 13.1 Å². The van der Waals surface area contributed by atoms with E-state index in [2.05, 4.69) is 4.98 Å². The van der Waals surface area contributed by atoms with Crippen molar-refractivity contribution in [2.75, 3.05) is 13.1 Å². The number of carbonyl (C=O) groups is 2. The third-order valence-electron chi connectivity index (χ3n) is 8.41. The van der Waals surface area contributed by atoms with Gasteiger partial charge in [0.25, 0.3) is 0 Å². The molecule has 32 heavy (non-hydrogen) atoms. The van der Waals surface area contributed by atoms with Crippen molar-refractivity contribution in [3.63, 3.8) is 0 Å². The Morgan fingerprint density at radius 3 is 2.66 bits per heavy atom. The third-order valence-corrected chi connectivity index (χ3v) is 8.41. The van der Waals surface area contributed by atoms with Crippen LogP contribution in [0.3, 0.4) is 0 Å². The summed E-state index contributed by atoms with van der Waals surface area (Å²) in [6.45, 7) is 0.874. The van der Waals surface area contributed by atoms with E-state index in [9.17, 15) is 18.8 Å². The van der Waals surface area contributed by atoms with Gasteiger partial charge in [-0.05, 0) is 74.5 Å². The second kappa shape index (κ2) is 6.83. The van der Waals surface area contributed by atoms with Crippen LogP contribution >= 0.6 is 0 Å². The molecule has 2 unspecified atom stereocenters. The lowest BCUT2D eigenvalue weighted by Crippen LogP contribution is -2.59. The number of amides is 2. The number of halogens is 1. The van der Waals surface area contributed by atoms with E-state index in [4.69, 9.17) is 10.5 Å². The quantitative estimate of drug-likeness (QED) is 0.761. The fourth-order valence-corrected chi connectivity index (χ4v) is 7.25. The van der Waals surface area contributed by atoms with Crippen LogP contribution < -0.4 is 11.4 Å². The maximum Gasteiger partial charge on any atom is 0.410 e.